The van der Waals surface area contributed by atoms with Crippen LogP contribution in [0.5, 0.6) is 5.75 Å². The maximum Gasteiger partial charge on any atom is 0.150 e. The van der Waals surface area contributed by atoms with Crippen LogP contribution in [-0.4, -0.2) is 12.9 Å². The van der Waals surface area contributed by atoms with Crippen LogP contribution in [0.25, 0.3) is 0 Å². The average molecular weight is 255 g/mol. The van der Waals surface area contributed by atoms with Crippen LogP contribution in [0.3, 0.4) is 0 Å². The molecule has 3 heteroatoms. The van der Waals surface area contributed by atoms with Gasteiger partial charge >= 0.3 is 0 Å². The summed E-state index contributed by atoms with van der Waals surface area (Å²) in [6.45, 7) is 2.83. The Kier molecular flexibility index (Phi) is 4.35. The van der Waals surface area contributed by atoms with Crippen LogP contribution in [-0.2, 0) is 0 Å². The molecule has 0 radical (unpaired) electrons. The molecule has 0 aromatic heterocycles. The minimum atomic E-state index is 0.420. The minimum absolute atomic E-state index is 0.420. The van der Waals surface area contributed by atoms with E-state index < -0.39 is 0 Å². The Morgan fingerprint density at radius 3 is 2.89 bits per heavy atom. The molecule has 1 aliphatic carbocycles. The van der Waals surface area contributed by atoms with Gasteiger partial charge in [-0.15, -0.1) is 0 Å². The lowest BCUT2D eigenvalue weighted by molar-refractivity contribution is 0.112. The zero-order valence-corrected chi connectivity index (χ0v) is 11.0. The molecule has 19 heavy (non-hydrogen) atoms. The van der Waals surface area contributed by atoms with E-state index in [-0.39, 0.29) is 0 Å². The van der Waals surface area contributed by atoms with Crippen molar-refractivity contribution in [2.45, 2.75) is 19.8 Å². The van der Waals surface area contributed by atoms with Crippen molar-refractivity contribution in [3.05, 3.63) is 41.5 Å². The highest BCUT2D eigenvalue weighted by atomic mass is 16.5. The Morgan fingerprint density at radius 1 is 1.42 bits per heavy atom. The molecule has 0 N–H and O–H groups in total. The molecule has 0 aliphatic heterocycles. The van der Waals surface area contributed by atoms with E-state index in [0.29, 0.717) is 35.3 Å². The lowest BCUT2D eigenvalue weighted by Crippen LogP contribution is -2.21. The van der Waals surface area contributed by atoms with Gasteiger partial charge in [0.1, 0.15) is 18.1 Å². The van der Waals surface area contributed by atoms with E-state index in [4.69, 9.17) is 10.00 Å². The van der Waals surface area contributed by atoms with Gasteiger partial charge in [-0.2, -0.15) is 5.26 Å². The van der Waals surface area contributed by atoms with E-state index in [0.717, 1.165) is 19.1 Å². The van der Waals surface area contributed by atoms with Gasteiger partial charge in [0.05, 0.1) is 12.2 Å². The average Bonchev–Trinajstić information content (AvgIpc) is 2.46. The number of aldehydes is 1. The van der Waals surface area contributed by atoms with E-state index in [9.17, 15) is 4.79 Å². The van der Waals surface area contributed by atoms with Crippen molar-refractivity contribution in [2.24, 2.45) is 11.8 Å². The number of nitrogens with zero attached hydrogens (tertiary/aromatic N) is 1. The van der Waals surface area contributed by atoms with Gasteiger partial charge in [-0.25, -0.2) is 0 Å². The van der Waals surface area contributed by atoms with E-state index in [1.54, 1.807) is 18.2 Å². The SMILES string of the molecule is CC1CC=CCC1COc1ccc(C=O)cc1C#N. The van der Waals surface area contributed by atoms with Crippen LogP contribution >= 0.6 is 0 Å². The number of hydrogen-bond acceptors (Lipinski definition) is 3. The third kappa shape index (κ3) is 3.23. The third-order valence-electron chi connectivity index (χ3n) is 3.63. The van der Waals surface area contributed by atoms with Crippen LogP contribution in [0.1, 0.15) is 35.7 Å². The predicted molar refractivity (Wildman–Crippen MR) is 73.1 cm³/mol. The van der Waals surface area contributed by atoms with Gasteiger partial charge in [-0.05, 0) is 42.9 Å². The van der Waals surface area contributed by atoms with Gasteiger partial charge in [0.2, 0.25) is 0 Å². The fourth-order valence-electron chi connectivity index (χ4n) is 2.27. The normalized spacial score (nSPS) is 21.7. The second kappa shape index (κ2) is 6.19. The number of carbonyl (C=O) groups excluding carboxylic acids is 1. The third-order valence-corrected chi connectivity index (χ3v) is 3.63. The zero-order valence-electron chi connectivity index (χ0n) is 11.0. The molecule has 1 aliphatic rings. The Bertz CT molecular complexity index is 528. The Hall–Kier alpha value is -2.08. The number of rotatable bonds is 4. The van der Waals surface area contributed by atoms with Gasteiger partial charge < -0.3 is 4.74 Å². The van der Waals surface area contributed by atoms with E-state index >= 15 is 0 Å². The summed E-state index contributed by atoms with van der Waals surface area (Å²) in [6, 6.07) is 7.01. The van der Waals surface area contributed by atoms with Crippen molar-refractivity contribution in [1.29, 1.82) is 5.26 Å². The van der Waals surface area contributed by atoms with Crippen molar-refractivity contribution >= 4 is 6.29 Å². The first-order valence-corrected chi connectivity index (χ1v) is 6.51. The Labute approximate surface area is 113 Å². The first-order chi connectivity index (χ1) is 9.24. The quantitative estimate of drug-likeness (QED) is 0.612. The first kappa shape index (κ1) is 13.4. The fourth-order valence-corrected chi connectivity index (χ4v) is 2.27. The fraction of sp³-hybridized carbons (Fsp3) is 0.375. The largest absolute Gasteiger partial charge is 0.492 e. The molecule has 3 nitrogen and oxygen atoms in total. The van der Waals surface area contributed by atoms with Crippen molar-refractivity contribution in [2.75, 3.05) is 6.61 Å². The Balaban J connectivity index is 2.05. The van der Waals surface area contributed by atoms with Crippen LogP contribution < -0.4 is 4.74 Å². The molecule has 0 spiro atoms. The molecule has 0 amide bonds. The summed E-state index contributed by atoms with van der Waals surface area (Å²) >= 11 is 0. The maximum atomic E-state index is 10.7. The van der Waals surface area contributed by atoms with Crippen molar-refractivity contribution in [3.63, 3.8) is 0 Å². The van der Waals surface area contributed by atoms with Crippen LogP contribution in [0.2, 0.25) is 0 Å². The van der Waals surface area contributed by atoms with Crippen LogP contribution in [0, 0.1) is 23.2 Å². The molecule has 2 unspecified atom stereocenters. The van der Waals surface area contributed by atoms with Gasteiger partial charge in [0, 0.05) is 5.56 Å². The van der Waals surface area contributed by atoms with E-state index in [1.165, 1.54) is 0 Å². The number of carbonyl (C=O) groups is 1. The maximum absolute atomic E-state index is 10.7. The Morgan fingerprint density at radius 2 is 2.21 bits per heavy atom. The highest BCUT2D eigenvalue weighted by Crippen LogP contribution is 2.27. The van der Waals surface area contributed by atoms with Gasteiger partial charge in [0.15, 0.2) is 0 Å². The van der Waals surface area contributed by atoms with Crippen molar-refractivity contribution in [1.82, 2.24) is 0 Å². The lowest BCUT2D eigenvalue weighted by Gasteiger charge is -2.25. The molecule has 98 valence electrons. The van der Waals surface area contributed by atoms with Crippen LogP contribution in [0.4, 0.5) is 0 Å². The molecule has 0 fully saturated rings. The zero-order chi connectivity index (χ0) is 13.7. The molecule has 0 bridgehead atoms. The standard InChI is InChI=1S/C16H17NO2/c1-12-4-2-3-5-14(12)11-19-16-7-6-13(10-18)8-15(16)9-17/h2-3,6-8,10,12,14H,4-5,11H2,1H3. The summed E-state index contributed by atoms with van der Waals surface area (Å²) in [5.41, 5.74) is 0.918. The monoisotopic (exact) mass is 255 g/mol. The van der Waals surface area contributed by atoms with E-state index in [2.05, 4.69) is 25.1 Å². The molecule has 2 atom stereocenters. The summed E-state index contributed by atoms with van der Waals surface area (Å²) in [5, 5.41) is 9.07. The second-order valence-electron chi connectivity index (χ2n) is 4.98. The molecule has 2 rings (SSSR count). The summed E-state index contributed by atoms with van der Waals surface area (Å²) in [6.07, 6.45) is 7.24. The molecule has 1 aromatic carbocycles. The number of hydrogen-bond donors (Lipinski definition) is 0. The van der Waals surface area contributed by atoms with Crippen molar-refractivity contribution in [3.8, 4) is 11.8 Å². The summed E-state index contributed by atoms with van der Waals surface area (Å²) in [4.78, 5) is 10.7. The second-order valence-corrected chi connectivity index (χ2v) is 4.98. The summed E-state index contributed by atoms with van der Waals surface area (Å²) in [5.74, 6) is 1.65. The lowest BCUT2D eigenvalue weighted by atomic mass is 9.85. The molecule has 0 saturated heterocycles. The first-order valence-electron chi connectivity index (χ1n) is 6.51. The van der Waals surface area contributed by atoms with Gasteiger partial charge in [-0.3, -0.25) is 4.79 Å². The highest BCUT2D eigenvalue weighted by molar-refractivity contribution is 5.76. The summed E-state index contributed by atoms with van der Waals surface area (Å²) in [7, 11) is 0. The topological polar surface area (TPSA) is 50.1 Å². The number of nitriles is 1. The number of benzene rings is 1. The molecule has 0 heterocycles. The predicted octanol–water partition coefficient (Wildman–Crippen LogP) is 3.35. The van der Waals surface area contributed by atoms with E-state index in [1.807, 2.05) is 0 Å². The molecular formula is C16H17NO2. The molecule has 1 aromatic rings. The summed E-state index contributed by atoms with van der Waals surface area (Å²) < 4.78 is 5.77. The number of ether oxygens (including phenoxy) is 1. The minimum Gasteiger partial charge on any atom is -0.492 e. The van der Waals surface area contributed by atoms with Gasteiger partial charge in [0.25, 0.3) is 0 Å². The smallest absolute Gasteiger partial charge is 0.150 e. The molecule has 0 saturated carbocycles. The number of allylic oxidation sites excluding steroid dienone is 2. The van der Waals surface area contributed by atoms with Crippen molar-refractivity contribution < 1.29 is 9.53 Å². The molecular weight excluding hydrogens is 238 g/mol. The highest BCUT2D eigenvalue weighted by Gasteiger charge is 2.19. The van der Waals surface area contributed by atoms with Crippen LogP contribution in [0.15, 0.2) is 30.4 Å². The van der Waals surface area contributed by atoms with Gasteiger partial charge in [-0.1, -0.05) is 19.1 Å².